The molecule has 2 nitrogen and oxygen atoms in total. The van der Waals surface area contributed by atoms with Gasteiger partial charge in [-0.1, -0.05) is 46.3 Å². The number of aliphatic hydroxyl groups is 1. The highest BCUT2D eigenvalue weighted by Gasteiger charge is 2.33. The Balaban J connectivity index is 1.72. The van der Waals surface area contributed by atoms with E-state index in [1.54, 1.807) is 0 Å². The van der Waals surface area contributed by atoms with Crippen LogP contribution in [0.3, 0.4) is 0 Å². The number of halogens is 1. The monoisotopic (exact) mass is 344 g/mol. The maximum Gasteiger partial charge on any atom is 0.127 e. The molecule has 2 aromatic carbocycles. The molecule has 3 heteroatoms. The van der Waals surface area contributed by atoms with Crippen LogP contribution in [-0.2, 0) is 0 Å². The number of fused-ring (bicyclic) bond motifs is 1. The lowest BCUT2D eigenvalue weighted by atomic mass is 9.91. The van der Waals surface area contributed by atoms with Crippen molar-refractivity contribution < 1.29 is 9.84 Å². The smallest absolute Gasteiger partial charge is 0.127 e. The molecule has 2 atom stereocenters. The lowest BCUT2D eigenvalue weighted by Crippen LogP contribution is -2.20. The topological polar surface area (TPSA) is 29.5 Å². The first-order valence-electron chi connectivity index (χ1n) is 7.45. The first kappa shape index (κ1) is 13.4. The van der Waals surface area contributed by atoms with Crippen molar-refractivity contribution in [2.45, 2.75) is 37.4 Å². The SMILES string of the molecule is O[C@H]1CC(c2ccccc2C2CC2)Oc2cc(Br)ccc21. The van der Waals surface area contributed by atoms with Crippen molar-refractivity contribution in [1.82, 2.24) is 0 Å². The van der Waals surface area contributed by atoms with Crippen molar-refractivity contribution in [3.63, 3.8) is 0 Å². The Morgan fingerprint density at radius 1 is 1.00 bits per heavy atom. The summed E-state index contributed by atoms with van der Waals surface area (Å²) in [7, 11) is 0. The molecule has 0 bridgehead atoms. The molecular formula is C18H17BrO2. The van der Waals surface area contributed by atoms with E-state index < -0.39 is 6.10 Å². The lowest BCUT2D eigenvalue weighted by Gasteiger charge is -2.31. The summed E-state index contributed by atoms with van der Waals surface area (Å²) in [6.07, 6.45) is 2.65. The molecule has 0 amide bonds. The number of rotatable bonds is 2. The van der Waals surface area contributed by atoms with Crippen LogP contribution in [0.25, 0.3) is 0 Å². The van der Waals surface area contributed by atoms with E-state index in [-0.39, 0.29) is 6.10 Å². The van der Waals surface area contributed by atoms with Gasteiger partial charge in [0.15, 0.2) is 0 Å². The third kappa shape index (κ3) is 2.49. The van der Waals surface area contributed by atoms with Crippen LogP contribution < -0.4 is 4.74 Å². The summed E-state index contributed by atoms with van der Waals surface area (Å²) in [5.74, 6) is 1.48. The average molecular weight is 345 g/mol. The molecule has 1 aliphatic heterocycles. The van der Waals surface area contributed by atoms with Crippen molar-refractivity contribution in [2.24, 2.45) is 0 Å². The molecule has 1 heterocycles. The van der Waals surface area contributed by atoms with Crippen molar-refractivity contribution in [1.29, 1.82) is 0 Å². The molecule has 0 radical (unpaired) electrons. The van der Waals surface area contributed by atoms with Crippen LogP contribution in [0.15, 0.2) is 46.9 Å². The van der Waals surface area contributed by atoms with Gasteiger partial charge in [-0.3, -0.25) is 0 Å². The number of hydrogen-bond donors (Lipinski definition) is 1. The standard InChI is InChI=1S/C18H17BrO2/c19-12-7-8-15-16(20)10-18(21-17(15)9-12)14-4-2-1-3-13(14)11-5-6-11/h1-4,7-9,11,16,18,20H,5-6,10H2/t16-,18?/m0/s1. The van der Waals surface area contributed by atoms with E-state index in [1.165, 1.54) is 24.0 Å². The van der Waals surface area contributed by atoms with Crippen LogP contribution in [0.2, 0.25) is 0 Å². The van der Waals surface area contributed by atoms with E-state index in [2.05, 4.69) is 40.2 Å². The molecule has 0 spiro atoms. The highest BCUT2D eigenvalue weighted by molar-refractivity contribution is 9.10. The molecule has 2 aliphatic rings. The Hall–Kier alpha value is -1.32. The minimum absolute atomic E-state index is 0.0569. The van der Waals surface area contributed by atoms with Gasteiger partial charge in [0.1, 0.15) is 11.9 Å². The van der Waals surface area contributed by atoms with E-state index >= 15 is 0 Å². The number of hydrogen-bond acceptors (Lipinski definition) is 2. The fraction of sp³-hybridized carbons (Fsp3) is 0.333. The largest absolute Gasteiger partial charge is 0.485 e. The molecule has 1 fully saturated rings. The number of ether oxygens (including phenoxy) is 1. The van der Waals surface area contributed by atoms with E-state index in [0.717, 1.165) is 15.8 Å². The molecule has 0 saturated heterocycles. The molecule has 1 N–H and O–H groups in total. The third-order valence-corrected chi connectivity index (χ3v) is 4.89. The van der Waals surface area contributed by atoms with E-state index in [9.17, 15) is 5.11 Å². The van der Waals surface area contributed by atoms with Gasteiger partial charge in [-0.15, -0.1) is 0 Å². The maximum atomic E-state index is 10.4. The molecule has 1 unspecified atom stereocenters. The van der Waals surface area contributed by atoms with Crippen LogP contribution in [0.4, 0.5) is 0 Å². The summed E-state index contributed by atoms with van der Waals surface area (Å²) in [6.45, 7) is 0. The van der Waals surface area contributed by atoms with Gasteiger partial charge in [-0.05, 0) is 42.0 Å². The van der Waals surface area contributed by atoms with Gasteiger partial charge in [0.2, 0.25) is 0 Å². The van der Waals surface area contributed by atoms with E-state index in [1.807, 2.05) is 18.2 Å². The molecular weight excluding hydrogens is 328 g/mol. The van der Waals surface area contributed by atoms with Crippen LogP contribution in [0.5, 0.6) is 5.75 Å². The second-order valence-electron chi connectivity index (χ2n) is 5.94. The minimum atomic E-state index is -0.459. The molecule has 1 aliphatic carbocycles. The quantitative estimate of drug-likeness (QED) is 0.840. The van der Waals surface area contributed by atoms with Gasteiger partial charge < -0.3 is 9.84 Å². The maximum absolute atomic E-state index is 10.4. The summed E-state index contributed by atoms with van der Waals surface area (Å²) in [5, 5.41) is 10.4. The summed E-state index contributed by atoms with van der Waals surface area (Å²) in [4.78, 5) is 0. The zero-order chi connectivity index (χ0) is 14.4. The van der Waals surface area contributed by atoms with Crippen molar-refractivity contribution in [2.75, 3.05) is 0 Å². The van der Waals surface area contributed by atoms with Gasteiger partial charge in [0, 0.05) is 16.5 Å². The fourth-order valence-corrected chi connectivity index (χ4v) is 3.52. The van der Waals surface area contributed by atoms with Crippen LogP contribution in [0.1, 0.15) is 54.1 Å². The highest BCUT2D eigenvalue weighted by atomic mass is 79.9. The lowest BCUT2D eigenvalue weighted by molar-refractivity contribution is 0.0652. The van der Waals surface area contributed by atoms with Gasteiger partial charge in [-0.25, -0.2) is 0 Å². The predicted octanol–water partition coefficient (Wildman–Crippen LogP) is 4.88. The van der Waals surface area contributed by atoms with Gasteiger partial charge in [0.25, 0.3) is 0 Å². The van der Waals surface area contributed by atoms with Crippen molar-refractivity contribution in [3.05, 3.63) is 63.6 Å². The first-order valence-corrected chi connectivity index (χ1v) is 8.24. The second kappa shape index (κ2) is 5.15. The summed E-state index contributed by atoms with van der Waals surface area (Å²) in [5.41, 5.74) is 3.52. The third-order valence-electron chi connectivity index (χ3n) is 4.40. The summed E-state index contributed by atoms with van der Waals surface area (Å²) >= 11 is 3.47. The normalized spacial score (nSPS) is 24.3. The molecule has 21 heavy (non-hydrogen) atoms. The Morgan fingerprint density at radius 2 is 1.76 bits per heavy atom. The minimum Gasteiger partial charge on any atom is -0.485 e. The van der Waals surface area contributed by atoms with Crippen LogP contribution in [-0.4, -0.2) is 5.11 Å². The van der Waals surface area contributed by atoms with E-state index in [4.69, 9.17) is 4.74 Å². The van der Waals surface area contributed by atoms with Crippen LogP contribution >= 0.6 is 15.9 Å². The fourth-order valence-electron chi connectivity index (χ4n) is 3.18. The summed E-state index contributed by atoms with van der Waals surface area (Å²) < 4.78 is 7.17. The number of benzene rings is 2. The zero-order valence-electron chi connectivity index (χ0n) is 11.6. The van der Waals surface area contributed by atoms with Crippen LogP contribution in [0, 0.1) is 0 Å². The van der Waals surface area contributed by atoms with Gasteiger partial charge >= 0.3 is 0 Å². The highest BCUT2D eigenvalue weighted by Crippen LogP contribution is 2.47. The molecule has 0 aromatic heterocycles. The Bertz CT molecular complexity index is 679. The molecule has 4 rings (SSSR count). The predicted molar refractivity (Wildman–Crippen MR) is 85.5 cm³/mol. The average Bonchev–Trinajstić information content (AvgIpc) is 3.31. The second-order valence-corrected chi connectivity index (χ2v) is 6.86. The molecule has 1 saturated carbocycles. The van der Waals surface area contributed by atoms with Gasteiger partial charge in [-0.2, -0.15) is 0 Å². The van der Waals surface area contributed by atoms with E-state index in [0.29, 0.717) is 12.3 Å². The Morgan fingerprint density at radius 3 is 2.52 bits per heavy atom. The van der Waals surface area contributed by atoms with Crippen molar-refractivity contribution in [3.8, 4) is 5.75 Å². The zero-order valence-corrected chi connectivity index (χ0v) is 13.2. The molecule has 2 aromatic rings. The number of aliphatic hydroxyl groups excluding tert-OH is 1. The van der Waals surface area contributed by atoms with Crippen molar-refractivity contribution >= 4 is 15.9 Å². The Labute approximate surface area is 132 Å². The Kier molecular flexibility index (Phi) is 3.27. The molecule has 108 valence electrons. The first-order chi connectivity index (χ1) is 10.2. The van der Waals surface area contributed by atoms with Gasteiger partial charge in [0.05, 0.1) is 6.10 Å². The summed E-state index contributed by atoms with van der Waals surface area (Å²) in [6, 6.07) is 14.4.